The SMILES string of the molecule is CC/C=C\C/C=C\C/C=C\C/C=C\C/C=C\CCCCCCCCCCCCCCCCCCCC(=O)OCC(COC(=O)CCCCCCC/C=C\CCCCCCC)OC(=O)CCCCCCCCCCCCCCCCCC. The van der Waals surface area contributed by atoms with Gasteiger partial charge in [-0.15, -0.1) is 0 Å². The molecule has 0 aliphatic carbocycles. The second kappa shape index (κ2) is 69.3. The number of allylic oxidation sites excluding steroid dienone is 12. The number of carbonyl (C=O) groups is 3. The van der Waals surface area contributed by atoms with Crippen molar-refractivity contribution in [2.24, 2.45) is 0 Å². The zero-order chi connectivity index (χ0) is 58.5. The molecule has 6 nitrogen and oxygen atoms in total. The van der Waals surface area contributed by atoms with Crippen LogP contribution in [0.1, 0.15) is 367 Å². The molecule has 81 heavy (non-hydrogen) atoms. The van der Waals surface area contributed by atoms with E-state index >= 15 is 0 Å². The normalized spacial score (nSPS) is 12.5. The first-order chi connectivity index (χ1) is 40.0. The molecule has 0 rings (SSSR count). The summed E-state index contributed by atoms with van der Waals surface area (Å²) in [6.07, 6.45) is 90.8. The fourth-order valence-electron chi connectivity index (χ4n) is 10.4. The fraction of sp³-hybridized carbons (Fsp3) is 0.800. The molecule has 0 bridgehead atoms. The van der Waals surface area contributed by atoms with Gasteiger partial charge in [-0.2, -0.15) is 0 Å². The Bertz CT molecular complexity index is 1490. The van der Waals surface area contributed by atoms with E-state index in [9.17, 15) is 14.4 Å². The quantitative estimate of drug-likeness (QED) is 0.0261. The topological polar surface area (TPSA) is 78.9 Å². The van der Waals surface area contributed by atoms with E-state index < -0.39 is 6.10 Å². The van der Waals surface area contributed by atoms with Gasteiger partial charge in [-0.05, 0) is 89.9 Å². The molecule has 470 valence electrons. The molecule has 1 unspecified atom stereocenters. The van der Waals surface area contributed by atoms with E-state index in [2.05, 4.69) is 93.7 Å². The van der Waals surface area contributed by atoms with Gasteiger partial charge in [-0.3, -0.25) is 14.4 Å². The molecule has 0 saturated carbocycles. The van der Waals surface area contributed by atoms with Crippen LogP contribution in [0.3, 0.4) is 0 Å². The van der Waals surface area contributed by atoms with Crippen LogP contribution in [0.25, 0.3) is 0 Å². The van der Waals surface area contributed by atoms with Crippen molar-refractivity contribution in [3.05, 3.63) is 72.9 Å². The number of rotatable bonds is 65. The molecular weight excluding hydrogens is 997 g/mol. The Hall–Kier alpha value is -3.15. The van der Waals surface area contributed by atoms with E-state index in [1.807, 2.05) is 0 Å². The molecule has 6 heteroatoms. The minimum absolute atomic E-state index is 0.0718. The summed E-state index contributed by atoms with van der Waals surface area (Å²) in [7, 11) is 0. The molecule has 0 heterocycles. The van der Waals surface area contributed by atoms with Gasteiger partial charge in [0.1, 0.15) is 13.2 Å². The first kappa shape index (κ1) is 77.9. The van der Waals surface area contributed by atoms with E-state index in [1.165, 1.54) is 231 Å². The van der Waals surface area contributed by atoms with Crippen LogP contribution in [0.5, 0.6) is 0 Å². The molecule has 0 aromatic rings. The van der Waals surface area contributed by atoms with Gasteiger partial charge in [0.15, 0.2) is 6.10 Å². The maximum atomic E-state index is 12.9. The third-order valence-corrected chi connectivity index (χ3v) is 15.7. The Morgan fingerprint density at radius 3 is 0.765 bits per heavy atom. The first-order valence-corrected chi connectivity index (χ1v) is 35.4. The highest BCUT2D eigenvalue weighted by molar-refractivity contribution is 5.71. The minimum Gasteiger partial charge on any atom is -0.462 e. The van der Waals surface area contributed by atoms with Gasteiger partial charge < -0.3 is 14.2 Å². The lowest BCUT2D eigenvalue weighted by Crippen LogP contribution is -2.30. The zero-order valence-corrected chi connectivity index (χ0v) is 54.1. The minimum atomic E-state index is -0.775. The highest BCUT2D eigenvalue weighted by atomic mass is 16.6. The maximum Gasteiger partial charge on any atom is 0.306 e. The third kappa shape index (κ3) is 67.5. The highest BCUT2D eigenvalue weighted by Crippen LogP contribution is 2.18. The standard InChI is InChI=1S/C75H134O6/c1-4-7-10-13-16-19-22-25-28-30-31-32-33-34-35-36-37-38-39-40-41-42-43-44-45-46-48-50-53-56-59-62-65-68-74(77)80-71-72(70-79-73(76)67-64-61-58-55-52-49-27-24-21-18-15-12-9-6-3)81-75(78)69-66-63-60-57-54-51-47-29-26-23-20-17-14-11-8-5-2/h7,10,16,19,24-25,27-28,31-32,34-35,72H,4-6,8-9,11-15,17-18,20-23,26,29-30,33,36-71H2,1-3H3/b10-7-,19-16-,27-24-,28-25-,32-31-,35-34-. The summed E-state index contributed by atoms with van der Waals surface area (Å²) in [6.45, 7) is 6.57. The predicted octanol–water partition coefficient (Wildman–Crippen LogP) is 24.4. The first-order valence-electron chi connectivity index (χ1n) is 35.4. The number of hydrogen-bond donors (Lipinski definition) is 0. The largest absolute Gasteiger partial charge is 0.462 e. The summed E-state index contributed by atoms with van der Waals surface area (Å²) >= 11 is 0. The monoisotopic (exact) mass is 1130 g/mol. The molecule has 1 atom stereocenters. The van der Waals surface area contributed by atoms with Crippen LogP contribution in [-0.2, 0) is 28.6 Å². The van der Waals surface area contributed by atoms with Gasteiger partial charge in [0.2, 0.25) is 0 Å². The Morgan fingerprint density at radius 2 is 0.481 bits per heavy atom. The average Bonchev–Trinajstić information content (AvgIpc) is 3.47. The van der Waals surface area contributed by atoms with E-state index in [0.717, 1.165) is 96.3 Å². The number of unbranched alkanes of at least 4 members (excludes halogenated alkanes) is 42. The van der Waals surface area contributed by atoms with Crippen LogP contribution in [0, 0.1) is 0 Å². The Balaban J connectivity index is 4.16. The van der Waals surface area contributed by atoms with Crippen LogP contribution in [0.15, 0.2) is 72.9 Å². The second-order valence-corrected chi connectivity index (χ2v) is 23.8. The lowest BCUT2D eigenvalue weighted by atomic mass is 10.0. The van der Waals surface area contributed by atoms with E-state index in [1.54, 1.807) is 0 Å². The summed E-state index contributed by atoms with van der Waals surface area (Å²) in [4.78, 5) is 38.4. The lowest BCUT2D eigenvalue weighted by Gasteiger charge is -2.18. The molecule has 0 spiro atoms. The summed E-state index contributed by atoms with van der Waals surface area (Å²) < 4.78 is 17.0. The summed E-state index contributed by atoms with van der Waals surface area (Å²) in [6, 6.07) is 0. The van der Waals surface area contributed by atoms with E-state index in [4.69, 9.17) is 14.2 Å². The molecule has 0 fully saturated rings. The van der Waals surface area contributed by atoms with Gasteiger partial charge in [0.25, 0.3) is 0 Å². The van der Waals surface area contributed by atoms with Crippen LogP contribution in [-0.4, -0.2) is 37.2 Å². The predicted molar refractivity (Wildman–Crippen MR) is 353 cm³/mol. The van der Waals surface area contributed by atoms with Crippen molar-refractivity contribution in [3.8, 4) is 0 Å². The molecular formula is C75H134O6. The van der Waals surface area contributed by atoms with Crippen LogP contribution in [0.4, 0.5) is 0 Å². The smallest absolute Gasteiger partial charge is 0.306 e. The van der Waals surface area contributed by atoms with Gasteiger partial charge in [0.05, 0.1) is 0 Å². The number of hydrogen-bond acceptors (Lipinski definition) is 6. The van der Waals surface area contributed by atoms with Gasteiger partial charge in [-0.25, -0.2) is 0 Å². The summed E-state index contributed by atoms with van der Waals surface area (Å²) in [5, 5.41) is 0. The molecule has 0 N–H and O–H groups in total. The Labute approximate surface area is 503 Å². The molecule has 0 amide bonds. The van der Waals surface area contributed by atoms with Crippen molar-refractivity contribution in [2.75, 3.05) is 13.2 Å². The maximum absolute atomic E-state index is 12.9. The second-order valence-electron chi connectivity index (χ2n) is 23.8. The van der Waals surface area contributed by atoms with Crippen molar-refractivity contribution in [2.45, 2.75) is 374 Å². The van der Waals surface area contributed by atoms with E-state index in [0.29, 0.717) is 19.3 Å². The molecule has 0 saturated heterocycles. The molecule has 0 aliphatic heterocycles. The van der Waals surface area contributed by atoms with Crippen molar-refractivity contribution < 1.29 is 28.6 Å². The van der Waals surface area contributed by atoms with Gasteiger partial charge >= 0.3 is 17.9 Å². The molecule has 0 radical (unpaired) electrons. The number of esters is 3. The summed E-state index contributed by atoms with van der Waals surface area (Å²) in [5.74, 6) is -0.856. The van der Waals surface area contributed by atoms with Crippen molar-refractivity contribution in [1.29, 1.82) is 0 Å². The van der Waals surface area contributed by atoms with Crippen LogP contribution >= 0.6 is 0 Å². The summed E-state index contributed by atoms with van der Waals surface area (Å²) in [5.41, 5.74) is 0. The van der Waals surface area contributed by atoms with Crippen LogP contribution < -0.4 is 0 Å². The Morgan fingerprint density at radius 1 is 0.259 bits per heavy atom. The molecule has 0 aliphatic rings. The average molecular weight is 1130 g/mol. The fourth-order valence-corrected chi connectivity index (χ4v) is 10.4. The zero-order valence-electron chi connectivity index (χ0n) is 54.1. The molecule has 0 aromatic heterocycles. The van der Waals surface area contributed by atoms with E-state index in [-0.39, 0.29) is 31.1 Å². The molecule has 0 aromatic carbocycles. The van der Waals surface area contributed by atoms with Crippen LogP contribution in [0.2, 0.25) is 0 Å². The lowest BCUT2D eigenvalue weighted by molar-refractivity contribution is -0.167. The van der Waals surface area contributed by atoms with Gasteiger partial charge in [-0.1, -0.05) is 331 Å². The highest BCUT2D eigenvalue weighted by Gasteiger charge is 2.19. The Kier molecular flexibility index (Phi) is 66.6. The van der Waals surface area contributed by atoms with Gasteiger partial charge in [0, 0.05) is 19.3 Å². The van der Waals surface area contributed by atoms with Crippen molar-refractivity contribution in [1.82, 2.24) is 0 Å². The van der Waals surface area contributed by atoms with Crippen molar-refractivity contribution in [3.63, 3.8) is 0 Å². The number of carbonyl (C=O) groups excluding carboxylic acids is 3. The third-order valence-electron chi connectivity index (χ3n) is 15.7. The van der Waals surface area contributed by atoms with Crippen molar-refractivity contribution >= 4 is 17.9 Å². The number of ether oxygens (including phenoxy) is 3.